The molecule has 0 unspecified atom stereocenters. The van der Waals surface area contributed by atoms with E-state index in [2.05, 4.69) is 223 Å². The lowest BCUT2D eigenvalue weighted by Gasteiger charge is -2.47. The summed E-state index contributed by atoms with van der Waals surface area (Å²) in [5.74, 6) is 0. The first-order chi connectivity index (χ1) is 33.5. The van der Waals surface area contributed by atoms with Crippen molar-refractivity contribution in [2.24, 2.45) is 0 Å². The molecule has 77 heavy (non-hydrogen) atoms. The molecule has 0 N–H and O–H groups in total. The Labute approximate surface area is 501 Å². The van der Waals surface area contributed by atoms with Crippen LogP contribution in [-0.4, -0.2) is 168 Å². The predicted octanol–water partition coefficient (Wildman–Crippen LogP) is 16.0. The van der Waals surface area contributed by atoms with Crippen molar-refractivity contribution < 1.29 is 54.1 Å². The molecule has 0 heterocycles. The Bertz CT molecular complexity index is 1560. The van der Waals surface area contributed by atoms with Gasteiger partial charge in [-0.25, -0.2) is 0 Å². The highest BCUT2D eigenvalue weighted by Gasteiger charge is 2.56. The molecule has 31 heteroatoms. The molecule has 0 aromatic carbocycles. The van der Waals surface area contributed by atoms with Gasteiger partial charge in [0.2, 0.25) is 0 Å². The highest BCUT2D eigenvalue weighted by atomic mass is 28.5. The normalized spacial score (nSPS) is 16.2. The average Bonchev–Trinajstić information content (AvgIpc) is 3.11. The molecule has 13 nitrogen and oxygen atoms in total. The molecule has 0 saturated carbocycles. The first kappa shape index (κ1) is 82.4. The molecule has 0 fully saturated rings. The van der Waals surface area contributed by atoms with Crippen LogP contribution in [-0.2, 0) is 54.1 Å². The summed E-state index contributed by atoms with van der Waals surface area (Å²) in [4.78, 5) is 0. The second-order valence-electron chi connectivity index (χ2n) is 32.5. The minimum Gasteiger partial charge on any atom is -0.461 e. The third-order valence-corrected chi connectivity index (χ3v) is 68.7. The van der Waals surface area contributed by atoms with Crippen LogP contribution >= 0.6 is 0 Å². The van der Waals surface area contributed by atoms with Gasteiger partial charge < -0.3 is 54.1 Å². The van der Waals surface area contributed by atoms with Crippen LogP contribution < -0.4 is 0 Å². The summed E-state index contributed by atoms with van der Waals surface area (Å²) < 4.78 is 89.4. The van der Waals surface area contributed by atoms with E-state index >= 15 is 0 Å². The van der Waals surface area contributed by atoms with Gasteiger partial charge in [-0.1, -0.05) is 0 Å². The molecule has 0 aliphatic heterocycles. The average molecular weight is 1400 g/mol. The fraction of sp³-hybridized carbons (Fsp3) is 1.00. The maximum absolute atomic E-state index is 7.78. The Morgan fingerprint density at radius 3 is 0.571 bits per heavy atom. The van der Waals surface area contributed by atoms with E-state index in [-0.39, 0.29) is 0 Å². The van der Waals surface area contributed by atoms with E-state index in [1.807, 2.05) is 14.2 Å². The standard InChI is InChI=1S/C32H92O9Si13.C14H40O4Si5/c1-33-49(17,18)29-31-54(39-50(19,20)27-25-42-34-44(2,3)4,40-51(21,22)28-26-43-35-45(5,6)7)41-52(23,24)30-32-53(36-46(8,9)10,37-47(11,12)13)38-48(14,15)16;1-15-22(11,12)13-14-23(16-19(2,3)4,17-20(5,6)7)18-21(8,9)10/h25-32,42-43H2,1-24H3;13-14H2,1-12H3. The minimum atomic E-state index is -3.23. The molecule has 0 atom stereocenters. The smallest absolute Gasteiger partial charge is 0.461 e. The molecule has 0 aliphatic rings. The first-order valence-electron chi connectivity index (χ1n) is 29.2. The van der Waals surface area contributed by atoms with Crippen LogP contribution in [0.1, 0.15) is 0 Å². The molecular weight excluding hydrogens is 1270 g/mol. The van der Waals surface area contributed by atoms with Crippen LogP contribution in [0.2, 0.25) is 283 Å². The molecule has 0 rings (SSSR count). The van der Waals surface area contributed by atoms with Crippen LogP contribution in [0.4, 0.5) is 0 Å². The maximum atomic E-state index is 7.78. The Hall–Kier alpha value is 3.38. The van der Waals surface area contributed by atoms with E-state index in [0.717, 1.165) is 60.4 Å². The molecule has 0 aliphatic carbocycles. The van der Waals surface area contributed by atoms with Gasteiger partial charge in [-0.15, -0.1) is 0 Å². The van der Waals surface area contributed by atoms with Crippen molar-refractivity contribution >= 4 is 154 Å². The second-order valence-corrected chi connectivity index (χ2v) is 105. The van der Waals surface area contributed by atoms with Gasteiger partial charge in [-0.3, -0.25) is 0 Å². The fourth-order valence-corrected chi connectivity index (χ4v) is 75.8. The van der Waals surface area contributed by atoms with Crippen LogP contribution in [0.3, 0.4) is 0 Å². The summed E-state index contributed by atoms with van der Waals surface area (Å²) in [6, 6.07) is 9.74. The third-order valence-electron chi connectivity index (χ3n) is 11.2. The van der Waals surface area contributed by atoms with Crippen LogP contribution in [0, 0.1) is 0 Å². The van der Waals surface area contributed by atoms with Crippen LogP contribution in [0.15, 0.2) is 0 Å². The summed E-state index contributed by atoms with van der Waals surface area (Å²) >= 11 is 0. The molecule has 466 valence electrons. The highest BCUT2D eigenvalue weighted by Crippen LogP contribution is 2.39. The van der Waals surface area contributed by atoms with Gasteiger partial charge in [0.1, 0.15) is 19.5 Å². The van der Waals surface area contributed by atoms with Crippen molar-refractivity contribution in [3.05, 3.63) is 0 Å². The maximum Gasteiger partial charge on any atom is 0.469 e. The summed E-state index contributed by atoms with van der Waals surface area (Å²) in [6.45, 7) is 77.7. The van der Waals surface area contributed by atoms with E-state index in [9.17, 15) is 0 Å². The first-order valence-corrected chi connectivity index (χ1v) is 81.0. The lowest BCUT2D eigenvalue weighted by atomic mass is 10.9. The Balaban J connectivity index is 0. The van der Waals surface area contributed by atoms with Crippen molar-refractivity contribution in [1.29, 1.82) is 0 Å². The molecule has 0 radical (unpaired) electrons. The lowest BCUT2D eigenvalue weighted by molar-refractivity contribution is 0.241. The zero-order chi connectivity index (χ0) is 61.7. The largest absolute Gasteiger partial charge is 0.469 e. The van der Waals surface area contributed by atoms with E-state index in [0.29, 0.717) is 0 Å². The predicted molar refractivity (Wildman–Crippen MR) is 383 cm³/mol. The van der Waals surface area contributed by atoms with Crippen molar-refractivity contribution in [1.82, 2.24) is 0 Å². The zero-order valence-corrected chi connectivity index (χ0v) is 76.6. The van der Waals surface area contributed by atoms with E-state index in [1.165, 1.54) is 0 Å². The minimum absolute atomic E-state index is 0.603. The highest BCUT2D eigenvalue weighted by molar-refractivity contribution is 6.94. The van der Waals surface area contributed by atoms with Crippen molar-refractivity contribution in [2.45, 2.75) is 283 Å². The lowest BCUT2D eigenvalue weighted by Crippen LogP contribution is -2.63. The van der Waals surface area contributed by atoms with Crippen molar-refractivity contribution in [3.8, 4) is 0 Å². The fourth-order valence-electron chi connectivity index (χ4n) is 8.18. The third kappa shape index (κ3) is 45.3. The Morgan fingerprint density at radius 2 is 0.390 bits per heavy atom. The van der Waals surface area contributed by atoms with E-state index in [4.69, 9.17) is 54.1 Å². The molecular formula is C46H132O13Si18. The van der Waals surface area contributed by atoms with Crippen LogP contribution in [0.5, 0.6) is 0 Å². The van der Waals surface area contributed by atoms with Gasteiger partial charge in [-0.2, -0.15) is 0 Å². The van der Waals surface area contributed by atoms with Crippen molar-refractivity contribution in [2.75, 3.05) is 14.2 Å². The van der Waals surface area contributed by atoms with Gasteiger partial charge in [0.15, 0.2) is 108 Å². The van der Waals surface area contributed by atoms with Crippen molar-refractivity contribution in [3.63, 3.8) is 0 Å². The Morgan fingerprint density at radius 1 is 0.208 bits per heavy atom. The molecule has 0 bridgehead atoms. The molecule has 0 aromatic rings. The number of hydrogen-bond acceptors (Lipinski definition) is 13. The quantitative estimate of drug-likeness (QED) is 0.0429. The SMILES string of the molecule is CO[Si](C)(C)CC[Si](O[Si](C)(C)C)(O[Si](C)(C)C)O[Si](C)(C)C.CO[Si](C)(C)CC[Si](O[Si](C)(C)CC[SiH2]O[Si](C)(C)C)(O[Si](C)(C)CC[SiH2]O[Si](C)(C)C)O[Si](C)(C)CC[Si](O[Si](C)(C)C)(O[Si](C)(C)C)O[Si](C)(C)C. The molecule has 0 aromatic heterocycles. The number of rotatable bonds is 39. The summed E-state index contributed by atoms with van der Waals surface area (Å²) in [6.07, 6.45) is 0. The van der Waals surface area contributed by atoms with Crippen LogP contribution in [0.25, 0.3) is 0 Å². The molecule has 0 amide bonds. The molecule has 0 spiro atoms. The summed E-state index contributed by atoms with van der Waals surface area (Å²) in [7, 11) is -31.4. The number of hydrogen-bond donors (Lipinski definition) is 0. The monoisotopic (exact) mass is 1400 g/mol. The Kier molecular flexibility index (Phi) is 33.8. The van der Waals surface area contributed by atoms with Gasteiger partial charge in [-0.05, 0) is 265 Å². The van der Waals surface area contributed by atoms with E-state index < -0.39 is 154 Å². The van der Waals surface area contributed by atoms with Gasteiger partial charge >= 0.3 is 26.4 Å². The van der Waals surface area contributed by atoms with Gasteiger partial charge in [0.05, 0.1) is 0 Å². The van der Waals surface area contributed by atoms with Gasteiger partial charge in [0.25, 0.3) is 0 Å². The van der Waals surface area contributed by atoms with Gasteiger partial charge in [0, 0.05) is 32.4 Å². The second kappa shape index (κ2) is 31.5. The molecule has 0 saturated heterocycles. The summed E-state index contributed by atoms with van der Waals surface area (Å²) in [5.41, 5.74) is 0. The topological polar surface area (TPSA) is 120 Å². The zero-order valence-electron chi connectivity index (χ0n) is 57.8. The van der Waals surface area contributed by atoms with E-state index in [1.54, 1.807) is 0 Å². The summed E-state index contributed by atoms with van der Waals surface area (Å²) in [5, 5.41) is 0.